The van der Waals surface area contributed by atoms with E-state index >= 15 is 4.39 Å². The molecule has 0 N–H and O–H groups in total. The third-order valence-corrected chi connectivity index (χ3v) is 12.9. The summed E-state index contributed by atoms with van der Waals surface area (Å²) in [5, 5.41) is 4.84. The summed E-state index contributed by atoms with van der Waals surface area (Å²) < 4.78 is 19.1. The molecule has 0 aliphatic carbocycles. The number of allylic oxidation sites excluding steroid dienone is 5. The fourth-order valence-electron chi connectivity index (χ4n) is 9.99. The monoisotopic (exact) mass is 807 g/mol. The van der Waals surface area contributed by atoms with Crippen LogP contribution >= 0.6 is 15.9 Å². The lowest BCUT2D eigenvalue weighted by Gasteiger charge is -2.33. The predicted molar refractivity (Wildman–Crippen MR) is 241 cm³/mol. The highest BCUT2D eigenvalue weighted by Crippen LogP contribution is 2.54. The number of benzene rings is 7. The normalized spacial score (nSPS) is 17.9. The fraction of sp³-hybridized carbons (Fsp3) is 0.151. The lowest BCUT2D eigenvalue weighted by atomic mass is 9.68. The van der Waals surface area contributed by atoms with Crippen molar-refractivity contribution in [3.05, 3.63) is 226 Å². The van der Waals surface area contributed by atoms with Gasteiger partial charge in [-0.2, -0.15) is 4.58 Å². The zero-order valence-corrected chi connectivity index (χ0v) is 34.0. The molecule has 57 heavy (non-hydrogen) atoms. The molecule has 0 saturated heterocycles. The molecule has 0 spiro atoms. The summed E-state index contributed by atoms with van der Waals surface area (Å²) in [6.07, 6.45) is 11.7. The molecule has 2 heterocycles. The van der Waals surface area contributed by atoms with Crippen LogP contribution in [0.2, 0.25) is 0 Å². The summed E-state index contributed by atoms with van der Waals surface area (Å²) in [6, 6.07) is 53.7. The third-order valence-electron chi connectivity index (χ3n) is 12.4. The number of halogens is 2. The second-order valence-electron chi connectivity index (χ2n) is 15.7. The van der Waals surface area contributed by atoms with E-state index in [9.17, 15) is 0 Å². The molecule has 2 nitrogen and oxygen atoms in total. The van der Waals surface area contributed by atoms with Crippen molar-refractivity contribution in [2.24, 2.45) is 0 Å². The first kappa shape index (κ1) is 36.8. The van der Waals surface area contributed by atoms with Crippen molar-refractivity contribution in [2.75, 3.05) is 19.0 Å². The van der Waals surface area contributed by atoms with Crippen molar-refractivity contribution in [3.63, 3.8) is 0 Å². The van der Waals surface area contributed by atoms with E-state index in [4.69, 9.17) is 0 Å². The van der Waals surface area contributed by atoms with Crippen LogP contribution in [0.4, 0.5) is 15.8 Å². The van der Waals surface area contributed by atoms with E-state index in [1.54, 1.807) is 6.07 Å². The molecule has 280 valence electrons. The Morgan fingerprint density at radius 3 is 1.98 bits per heavy atom. The standard InChI is InChI=1S/C53H45BrFN2/c1-4-32-52(36-41-26-29-42(54)33-46(41)55)48(56(2)47-31-28-39-20-11-13-22-43(39)50(47)52)24-15-25-49-53(34-37-16-7-5-8-17-37,35-38-18-9-6-10-19-38)45-30-27-40-21-12-14-23-44(40)51(45)57(49)3/h4-31,33H,1,32,34-36H2,2-3H3/q+1. The van der Waals surface area contributed by atoms with E-state index in [1.165, 1.54) is 55.2 Å². The summed E-state index contributed by atoms with van der Waals surface area (Å²) in [4.78, 5) is 2.32. The van der Waals surface area contributed by atoms with E-state index in [2.05, 4.69) is 198 Å². The zero-order valence-electron chi connectivity index (χ0n) is 32.4. The van der Waals surface area contributed by atoms with E-state index in [0.717, 1.165) is 28.7 Å². The molecule has 1 atom stereocenters. The minimum atomic E-state index is -0.567. The van der Waals surface area contributed by atoms with Gasteiger partial charge < -0.3 is 4.90 Å². The molecule has 0 amide bonds. The summed E-state index contributed by atoms with van der Waals surface area (Å²) >= 11 is 3.49. The van der Waals surface area contributed by atoms with Crippen molar-refractivity contribution in [3.8, 4) is 0 Å². The maximum Gasteiger partial charge on any atom is 0.217 e. The van der Waals surface area contributed by atoms with Gasteiger partial charge in [-0.15, -0.1) is 6.58 Å². The Hall–Kier alpha value is -5.84. The van der Waals surface area contributed by atoms with Gasteiger partial charge in [-0.3, -0.25) is 0 Å². The van der Waals surface area contributed by atoms with Crippen LogP contribution in [0, 0.1) is 5.82 Å². The average Bonchev–Trinajstić information content (AvgIpc) is 3.60. The van der Waals surface area contributed by atoms with Gasteiger partial charge >= 0.3 is 0 Å². The Kier molecular flexibility index (Phi) is 9.62. The van der Waals surface area contributed by atoms with E-state index < -0.39 is 5.41 Å². The third kappa shape index (κ3) is 6.28. The lowest BCUT2D eigenvalue weighted by molar-refractivity contribution is -0.400. The largest absolute Gasteiger partial charge is 0.347 e. The van der Waals surface area contributed by atoms with E-state index in [1.807, 2.05) is 18.2 Å². The maximum atomic E-state index is 15.9. The number of nitrogens with zero attached hydrogens (tertiary/aromatic N) is 2. The molecule has 0 bridgehead atoms. The zero-order chi connectivity index (χ0) is 39.1. The molecule has 7 aromatic rings. The van der Waals surface area contributed by atoms with Crippen molar-refractivity contribution in [1.29, 1.82) is 0 Å². The predicted octanol–water partition coefficient (Wildman–Crippen LogP) is 13.0. The highest BCUT2D eigenvalue weighted by molar-refractivity contribution is 9.10. The van der Waals surface area contributed by atoms with Gasteiger partial charge in [0.2, 0.25) is 5.69 Å². The van der Waals surface area contributed by atoms with E-state index in [-0.39, 0.29) is 11.2 Å². The molecular weight excluding hydrogens is 763 g/mol. The van der Waals surface area contributed by atoms with Crippen molar-refractivity contribution in [2.45, 2.75) is 36.5 Å². The topological polar surface area (TPSA) is 6.25 Å². The summed E-state index contributed by atoms with van der Waals surface area (Å²) in [5.74, 6) is -0.209. The highest BCUT2D eigenvalue weighted by atomic mass is 79.9. The van der Waals surface area contributed by atoms with Gasteiger partial charge in [-0.25, -0.2) is 4.39 Å². The van der Waals surface area contributed by atoms with Gasteiger partial charge in [0.05, 0.1) is 10.8 Å². The highest BCUT2D eigenvalue weighted by Gasteiger charge is 2.51. The molecule has 0 fully saturated rings. The fourth-order valence-corrected chi connectivity index (χ4v) is 10.3. The minimum absolute atomic E-state index is 0.209. The van der Waals surface area contributed by atoms with Crippen LogP contribution in [0.15, 0.2) is 193 Å². The van der Waals surface area contributed by atoms with Crippen molar-refractivity contribution in [1.82, 2.24) is 0 Å². The van der Waals surface area contributed by atoms with Crippen LogP contribution in [0.1, 0.15) is 34.2 Å². The number of hydrogen-bond acceptors (Lipinski definition) is 1. The van der Waals surface area contributed by atoms with Crippen LogP contribution in [-0.4, -0.2) is 24.4 Å². The first-order valence-corrected chi connectivity index (χ1v) is 20.5. The Labute approximate surface area is 343 Å². The molecule has 7 aromatic carbocycles. The Balaban J connectivity index is 1.26. The average molecular weight is 809 g/mol. The number of anilines is 1. The lowest BCUT2D eigenvalue weighted by Crippen LogP contribution is -2.39. The Morgan fingerprint density at radius 2 is 1.32 bits per heavy atom. The van der Waals surface area contributed by atoms with Crippen LogP contribution in [0.5, 0.6) is 0 Å². The van der Waals surface area contributed by atoms with Crippen molar-refractivity contribution >= 4 is 54.6 Å². The summed E-state index contributed by atoms with van der Waals surface area (Å²) in [7, 11) is 4.39. The quantitative estimate of drug-likeness (QED) is 0.0985. The molecule has 0 radical (unpaired) electrons. The molecule has 9 rings (SSSR count). The van der Waals surface area contributed by atoms with Crippen LogP contribution < -0.4 is 4.90 Å². The number of rotatable bonds is 10. The number of likely N-dealkylation sites (N-methyl/N-ethyl adjacent to an activating group) is 1. The van der Waals surface area contributed by atoms with Gasteiger partial charge in [0, 0.05) is 40.0 Å². The molecule has 2 aliphatic heterocycles. The smallest absolute Gasteiger partial charge is 0.217 e. The van der Waals surface area contributed by atoms with Gasteiger partial charge in [0.15, 0.2) is 5.71 Å². The van der Waals surface area contributed by atoms with Crippen molar-refractivity contribution < 1.29 is 8.97 Å². The van der Waals surface area contributed by atoms with Gasteiger partial charge in [0.25, 0.3) is 0 Å². The second-order valence-corrected chi connectivity index (χ2v) is 16.6. The molecular formula is C53H45BrFN2+. The molecule has 0 aromatic heterocycles. The molecule has 4 heteroatoms. The summed E-state index contributed by atoms with van der Waals surface area (Å²) in [5.41, 5.74) is 9.68. The van der Waals surface area contributed by atoms with Gasteiger partial charge in [-0.05, 0) is 94.4 Å². The number of fused-ring (bicyclic) bond motifs is 6. The molecule has 1 unspecified atom stereocenters. The second kappa shape index (κ2) is 14.9. The van der Waals surface area contributed by atoms with Crippen LogP contribution in [0.3, 0.4) is 0 Å². The van der Waals surface area contributed by atoms with Crippen LogP contribution in [-0.2, 0) is 30.1 Å². The van der Waals surface area contributed by atoms with Gasteiger partial charge in [-0.1, -0.05) is 155 Å². The number of hydrogen-bond donors (Lipinski definition) is 0. The molecule has 2 aliphatic rings. The first-order chi connectivity index (χ1) is 27.8. The molecule has 0 saturated carbocycles. The Bertz CT molecular complexity index is 2720. The SMILES string of the molecule is C=CCC1(Cc2ccc(Br)cc2F)C(=CC=CC2=[N+](C)c3c(ccc4ccccc34)C2(Cc2ccccc2)Cc2ccccc2)N(C)c2ccc3ccccc3c21. The Morgan fingerprint density at radius 1 is 0.702 bits per heavy atom. The van der Waals surface area contributed by atoms with Crippen LogP contribution in [0.25, 0.3) is 21.5 Å². The van der Waals surface area contributed by atoms with E-state index in [0.29, 0.717) is 18.4 Å². The minimum Gasteiger partial charge on any atom is -0.347 e. The maximum absolute atomic E-state index is 15.9. The van der Waals surface area contributed by atoms with Gasteiger partial charge in [0.1, 0.15) is 12.9 Å². The summed E-state index contributed by atoms with van der Waals surface area (Å²) in [6.45, 7) is 4.28. The first-order valence-electron chi connectivity index (χ1n) is 19.7.